The van der Waals surface area contributed by atoms with E-state index in [0.717, 1.165) is 5.01 Å². The second kappa shape index (κ2) is 7.52. The maximum absolute atomic E-state index is 12.5. The second-order valence-electron chi connectivity index (χ2n) is 5.30. The van der Waals surface area contributed by atoms with Crippen LogP contribution in [0.25, 0.3) is 6.08 Å². The lowest BCUT2D eigenvalue weighted by Gasteiger charge is -2.14. The van der Waals surface area contributed by atoms with Crippen molar-refractivity contribution in [2.45, 2.75) is 6.92 Å². The molecule has 0 bridgehead atoms. The molecule has 1 aliphatic rings. The number of amides is 2. The van der Waals surface area contributed by atoms with Crippen molar-refractivity contribution in [1.29, 1.82) is 0 Å². The van der Waals surface area contributed by atoms with Gasteiger partial charge in [-0.25, -0.2) is 9.80 Å². The van der Waals surface area contributed by atoms with Gasteiger partial charge in [-0.15, -0.1) is 0 Å². The van der Waals surface area contributed by atoms with Crippen LogP contribution in [-0.2, 0) is 14.3 Å². The van der Waals surface area contributed by atoms with Gasteiger partial charge in [-0.1, -0.05) is 6.08 Å². The van der Waals surface area contributed by atoms with E-state index in [-0.39, 0.29) is 12.2 Å². The molecule has 0 aliphatic carbocycles. The highest BCUT2D eigenvalue weighted by atomic mass is 16.5. The van der Waals surface area contributed by atoms with E-state index in [4.69, 9.17) is 9.15 Å². The minimum Gasteiger partial charge on any atom is -0.465 e. The van der Waals surface area contributed by atoms with E-state index in [1.807, 2.05) is 0 Å². The van der Waals surface area contributed by atoms with Crippen molar-refractivity contribution in [3.63, 3.8) is 0 Å². The lowest BCUT2D eigenvalue weighted by Crippen LogP contribution is -2.35. The van der Waals surface area contributed by atoms with Crippen molar-refractivity contribution in [2.75, 3.05) is 11.6 Å². The first-order chi connectivity index (χ1) is 12.6. The molecular formula is C19H16N2O5. The number of hydrazine groups is 1. The Kier molecular flexibility index (Phi) is 4.98. The average molecular weight is 352 g/mol. The number of hydrogen-bond acceptors (Lipinski definition) is 5. The maximum atomic E-state index is 12.5. The number of esters is 1. The summed E-state index contributed by atoms with van der Waals surface area (Å²) in [4.78, 5) is 36.2. The fraction of sp³-hybridized carbons (Fsp3) is 0.105. The zero-order chi connectivity index (χ0) is 18.5. The molecule has 0 saturated carbocycles. The summed E-state index contributed by atoms with van der Waals surface area (Å²) in [6.45, 7) is 2.00. The summed E-state index contributed by atoms with van der Waals surface area (Å²) in [6, 6.07) is 9.68. The molecule has 0 spiro atoms. The molecule has 2 amide bonds. The van der Waals surface area contributed by atoms with Gasteiger partial charge in [0.15, 0.2) is 0 Å². The van der Waals surface area contributed by atoms with Crippen LogP contribution < -0.4 is 10.4 Å². The van der Waals surface area contributed by atoms with Crippen LogP contribution in [0, 0.1) is 0 Å². The number of rotatable bonds is 5. The fourth-order valence-electron chi connectivity index (χ4n) is 2.35. The Bertz CT molecular complexity index is 879. The van der Waals surface area contributed by atoms with Crippen LogP contribution in [0.3, 0.4) is 0 Å². The number of benzene rings is 1. The molecule has 1 aromatic heterocycles. The second-order valence-corrected chi connectivity index (χ2v) is 5.30. The topological polar surface area (TPSA) is 88.8 Å². The number of nitrogens with one attached hydrogen (secondary N) is 1. The molecule has 3 rings (SSSR count). The minimum atomic E-state index is -0.506. The van der Waals surface area contributed by atoms with Crippen LogP contribution in [0.5, 0.6) is 0 Å². The molecule has 7 nitrogen and oxygen atoms in total. The van der Waals surface area contributed by atoms with E-state index < -0.39 is 17.8 Å². The van der Waals surface area contributed by atoms with Crippen molar-refractivity contribution < 1.29 is 23.5 Å². The summed E-state index contributed by atoms with van der Waals surface area (Å²) in [5.41, 5.74) is 3.30. The van der Waals surface area contributed by atoms with E-state index in [1.54, 1.807) is 43.3 Å². The SMILES string of the molecule is CCOC(=O)c1ccc(N2NC(=O)C(=CC=Cc3ccco3)C2=O)cc1. The predicted octanol–water partition coefficient (Wildman–Crippen LogP) is 2.47. The van der Waals surface area contributed by atoms with Gasteiger partial charge in [0.05, 0.1) is 24.1 Å². The monoisotopic (exact) mass is 352 g/mol. The Balaban J connectivity index is 1.75. The molecule has 7 heteroatoms. The summed E-state index contributed by atoms with van der Waals surface area (Å²) in [5, 5.41) is 1.13. The molecule has 0 unspecified atom stereocenters. The molecule has 1 N–H and O–H groups in total. The molecular weight excluding hydrogens is 336 g/mol. The Hall–Kier alpha value is -3.61. The molecule has 2 heterocycles. The largest absolute Gasteiger partial charge is 0.465 e. The smallest absolute Gasteiger partial charge is 0.338 e. The van der Waals surface area contributed by atoms with E-state index >= 15 is 0 Å². The first-order valence-corrected chi connectivity index (χ1v) is 7.94. The van der Waals surface area contributed by atoms with Gasteiger partial charge < -0.3 is 9.15 Å². The van der Waals surface area contributed by atoms with Gasteiger partial charge in [0.2, 0.25) is 0 Å². The standard InChI is InChI=1S/C19H16N2O5/c1-2-25-19(24)13-8-10-14(11-9-13)21-18(23)16(17(22)20-21)7-3-5-15-6-4-12-26-15/h3-12H,2H2,1H3,(H,20,22). The number of ether oxygens (including phenoxy) is 1. The van der Waals surface area contributed by atoms with Crippen LogP contribution in [0.2, 0.25) is 0 Å². The molecule has 1 fully saturated rings. The van der Waals surface area contributed by atoms with Crippen molar-refractivity contribution in [3.8, 4) is 0 Å². The van der Waals surface area contributed by atoms with Crippen LogP contribution in [0.15, 0.2) is 64.8 Å². The zero-order valence-corrected chi connectivity index (χ0v) is 14.0. The Morgan fingerprint density at radius 2 is 2.00 bits per heavy atom. The van der Waals surface area contributed by atoms with Crippen LogP contribution in [0.1, 0.15) is 23.0 Å². The van der Waals surface area contributed by atoms with Crippen LogP contribution in [0.4, 0.5) is 5.69 Å². The number of furan rings is 1. The van der Waals surface area contributed by atoms with E-state index in [0.29, 0.717) is 17.0 Å². The zero-order valence-electron chi connectivity index (χ0n) is 14.0. The van der Waals surface area contributed by atoms with E-state index in [1.165, 1.54) is 24.5 Å². The summed E-state index contributed by atoms with van der Waals surface area (Å²) in [5.74, 6) is -0.824. The maximum Gasteiger partial charge on any atom is 0.338 e. The third-order valence-corrected chi connectivity index (χ3v) is 3.59. The first kappa shape index (κ1) is 17.2. The van der Waals surface area contributed by atoms with Crippen molar-refractivity contribution in [2.24, 2.45) is 0 Å². The Labute approximate surface area is 149 Å². The van der Waals surface area contributed by atoms with Crippen molar-refractivity contribution >= 4 is 29.5 Å². The number of carbonyl (C=O) groups is 3. The molecule has 26 heavy (non-hydrogen) atoms. The van der Waals surface area contributed by atoms with Gasteiger partial charge >= 0.3 is 5.97 Å². The third kappa shape index (κ3) is 3.56. The number of allylic oxidation sites excluding steroid dienone is 2. The molecule has 1 aromatic carbocycles. The highest BCUT2D eigenvalue weighted by molar-refractivity contribution is 6.29. The fourth-order valence-corrected chi connectivity index (χ4v) is 2.35. The summed E-state index contributed by atoms with van der Waals surface area (Å²) < 4.78 is 10.1. The van der Waals surface area contributed by atoms with Crippen molar-refractivity contribution in [3.05, 3.63) is 71.7 Å². The summed E-state index contributed by atoms with van der Waals surface area (Å²) >= 11 is 0. The number of hydrogen-bond donors (Lipinski definition) is 1. The highest BCUT2D eigenvalue weighted by Crippen LogP contribution is 2.21. The number of carbonyl (C=O) groups excluding carboxylic acids is 3. The lowest BCUT2D eigenvalue weighted by molar-refractivity contribution is -0.117. The van der Waals surface area contributed by atoms with Crippen molar-refractivity contribution in [1.82, 2.24) is 5.43 Å². The van der Waals surface area contributed by atoms with Gasteiger partial charge in [-0.2, -0.15) is 0 Å². The molecule has 1 saturated heterocycles. The minimum absolute atomic E-state index is 0.00211. The van der Waals surface area contributed by atoms with Crippen LogP contribution in [-0.4, -0.2) is 24.4 Å². The van der Waals surface area contributed by atoms with E-state index in [9.17, 15) is 14.4 Å². The van der Waals surface area contributed by atoms with Crippen LogP contribution >= 0.6 is 0 Å². The molecule has 0 atom stereocenters. The first-order valence-electron chi connectivity index (χ1n) is 7.94. The Morgan fingerprint density at radius 3 is 2.65 bits per heavy atom. The lowest BCUT2D eigenvalue weighted by atomic mass is 10.2. The van der Waals surface area contributed by atoms with Gasteiger partial charge in [0.1, 0.15) is 11.3 Å². The average Bonchev–Trinajstić information content (AvgIpc) is 3.25. The summed E-state index contributed by atoms with van der Waals surface area (Å²) in [7, 11) is 0. The third-order valence-electron chi connectivity index (χ3n) is 3.59. The van der Waals surface area contributed by atoms with Gasteiger partial charge in [0, 0.05) is 0 Å². The van der Waals surface area contributed by atoms with Gasteiger partial charge in [-0.05, 0) is 55.5 Å². The molecule has 1 aliphatic heterocycles. The van der Waals surface area contributed by atoms with E-state index in [2.05, 4.69) is 5.43 Å². The molecule has 132 valence electrons. The van der Waals surface area contributed by atoms with Gasteiger partial charge in [-0.3, -0.25) is 15.0 Å². The quantitative estimate of drug-likeness (QED) is 0.507. The van der Waals surface area contributed by atoms with Gasteiger partial charge in [0.25, 0.3) is 11.8 Å². The molecule has 2 aromatic rings. The number of anilines is 1. The molecule has 0 radical (unpaired) electrons. The normalized spacial score (nSPS) is 15.7. The highest BCUT2D eigenvalue weighted by Gasteiger charge is 2.34. The number of nitrogens with zero attached hydrogens (tertiary/aromatic N) is 1. The summed E-state index contributed by atoms with van der Waals surface area (Å²) in [6.07, 6.45) is 6.17. The predicted molar refractivity (Wildman–Crippen MR) is 93.9 cm³/mol. The Morgan fingerprint density at radius 1 is 1.23 bits per heavy atom.